The first-order valence-corrected chi connectivity index (χ1v) is 11.1. The second-order valence-corrected chi connectivity index (χ2v) is 8.52. The lowest BCUT2D eigenvalue weighted by Crippen LogP contribution is -2.47. The van der Waals surface area contributed by atoms with Gasteiger partial charge in [0.2, 0.25) is 5.91 Å². The second kappa shape index (κ2) is 9.53. The number of hydrogen-bond acceptors (Lipinski definition) is 4. The molecule has 1 aliphatic heterocycles. The van der Waals surface area contributed by atoms with Gasteiger partial charge in [0.05, 0.1) is 23.4 Å². The van der Waals surface area contributed by atoms with Crippen LogP contribution >= 0.6 is 11.6 Å². The van der Waals surface area contributed by atoms with Crippen LogP contribution in [0.25, 0.3) is 5.69 Å². The summed E-state index contributed by atoms with van der Waals surface area (Å²) in [6.07, 6.45) is 4.99. The summed E-state index contributed by atoms with van der Waals surface area (Å²) in [5, 5.41) is 8.35. The molecule has 1 aromatic carbocycles. The molecule has 7 nitrogen and oxygen atoms in total. The summed E-state index contributed by atoms with van der Waals surface area (Å²) in [7, 11) is 0. The van der Waals surface area contributed by atoms with Gasteiger partial charge in [-0.25, -0.2) is 4.68 Å². The van der Waals surface area contributed by atoms with E-state index in [1.54, 1.807) is 24.5 Å². The van der Waals surface area contributed by atoms with Gasteiger partial charge in [-0.15, -0.1) is 0 Å². The highest BCUT2D eigenvalue weighted by Gasteiger charge is 2.26. The number of likely N-dealkylation sites (tertiary alicyclic amines) is 1. The molecular formula is C24H26ClN5O2. The number of aryl methyl sites for hydroxylation is 1. The molecule has 3 aromatic rings. The van der Waals surface area contributed by atoms with E-state index in [4.69, 9.17) is 11.6 Å². The number of hydrogen-bond donors (Lipinski definition) is 1. The molecule has 0 bridgehead atoms. The third kappa shape index (κ3) is 4.83. The molecule has 0 radical (unpaired) electrons. The predicted molar refractivity (Wildman–Crippen MR) is 123 cm³/mol. The van der Waals surface area contributed by atoms with Gasteiger partial charge in [0, 0.05) is 47.8 Å². The summed E-state index contributed by atoms with van der Waals surface area (Å²) in [4.78, 5) is 31.2. The minimum atomic E-state index is -0.122. The zero-order valence-corrected chi connectivity index (χ0v) is 19.0. The lowest BCUT2D eigenvalue weighted by atomic mass is 10.0. The van der Waals surface area contributed by atoms with Gasteiger partial charge < -0.3 is 10.2 Å². The van der Waals surface area contributed by atoms with E-state index in [0.717, 1.165) is 35.5 Å². The average molecular weight is 452 g/mol. The van der Waals surface area contributed by atoms with E-state index in [0.29, 0.717) is 30.1 Å². The van der Waals surface area contributed by atoms with Crippen LogP contribution in [0.3, 0.4) is 0 Å². The fraction of sp³-hybridized carbons (Fsp3) is 0.333. The smallest absolute Gasteiger partial charge is 0.253 e. The van der Waals surface area contributed by atoms with Crippen molar-refractivity contribution >= 4 is 23.4 Å². The lowest BCUT2D eigenvalue weighted by molar-refractivity contribution is -0.131. The Hall–Kier alpha value is -3.19. The molecule has 2 amide bonds. The van der Waals surface area contributed by atoms with Crippen LogP contribution in [0.2, 0.25) is 5.02 Å². The monoisotopic (exact) mass is 451 g/mol. The molecule has 4 rings (SSSR count). The number of amides is 2. The Morgan fingerprint density at radius 2 is 1.84 bits per heavy atom. The number of halogens is 1. The van der Waals surface area contributed by atoms with Crippen molar-refractivity contribution in [3.05, 3.63) is 76.3 Å². The molecule has 0 unspecified atom stereocenters. The largest absolute Gasteiger partial charge is 0.349 e. The van der Waals surface area contributed by atoms with Crippen molar-refractivity contribution in [3.63, 3.8) is 0 Å². The number of carbonyl (C=O) groups is 2. The van der Waals surface area contributed by atoms with E-state index >= 15 is 0 Å². The molecule has 8 heteroatoms. The number of pyridine rings is 1. The highest BCUT2D eigenvalue weighted by Crippen LogP contribution is 2.21. The van der Waals surface area contributed by atoms with Gasteiger partial charge in [-0.3, -0.25) is 14.6 Å². The first-order valence-electron chi connectivity index (χ1n) is 10.7. The third-order valence-electron chi connectivity index (χ3n) is 5.95. The Bertz CT molecular complexity index is 1100. The topological polar surface area (TPSA) is 80.1 Å². The molecule has 166 valence electrons. The summed E-state index contributed by atoms with van der Waals surface area (Å²) >= 11 is 5.99. The van der Waals surface area contributed by atoms with E-state index in [-0.39, 0.29) is 17.9 Å². The van der Waals surface area contributed by atoms with Gasteiger partial charge in [0.25, 0.3) is 5.91 Å². The quantitative estimate of drug-likeness (QED) is 0.643. The molecule has 1 fully saturated rings. The Balaban J connectivity index is 1.35. The summed E-state index contributed by atoms with van der Waals surface area (Å²) in [5.74, 6) is -0.0346. The summed E-state index contributed by atoms with van der Waals surface area (Å²) in [6, 6.07) is 11.0. The van der Waals surface area contributed by atoms with Crippen LogP contribution in [-0.2, 0) is 11.2 Å². The molecule has 0 aliphatic carbocycles. The molecule has 0 saturated carbocycles. The van der Waals surface area contributed by atoms with E-state index in [1.807, 2.05) is 47.7 Å². The first kappa shape index (κ1) is 22.0. The van der Waals surface area contributed by atoms with E-state index < -0.39 is 0 Å². The van der Waals surface area contributed by atoms with Crippen LogP contribution in [0.4, 0.5) is 0 Å². The SMILES string of the molecule is Cc1nn(-c2ccc(Cl)cc2)c(C)c1CC(=O)N1CCC(NC(=O)c2cccnc2)CC1. The number of rotatable bonds is 5. The summed E-state index contributed by atoms with van der Waals surface area (Å²) in [5.41, 5.74) is 4.23. The Labute approximate surface area is 192 Å². The number of nitrogens with one attached hydrogen (secondary N) is 1. The van der Waals surface area contributed by atoms with Crippen molar-refractivity contribution in [3.8, 4) is 5.69 Å². The maximum Gasteiger partial charge on any atom is 0.253 e. The highest BCUT2D eigenvalue weighted by molar-refractivity contribution is 6.30. The molecule has 2 aromatic heterocycles. The fourth-order valence-corrected chi connectivity index (χ4v) is 4.19. The van der Waals surface area contributed by atoms with Crippen LogP contribution in [0, 0.1) is 13.8 Å². The summed E-state index contributed by atoms with van der Waals surface area (Å²) in [6.45, 7) is 5.17. The first-order chi connectivity index (χ1) is 15.4. The average Bonchev–Trinajstić information content (AvgIpc) is 3.09. The standard InChI is InChI=1S/C24H26ClN5O2/c1-16-22(17(2)30(28-16)21-7-5-19(25)6-8-21)14-23(31)29-12-9-20(10-13-29)27-24(32)18-4-3-11-26-15-18/h3-8,11,15,20H,9-10,12-14H2,1-2H3,(H,27,32). The summed E-state index contributed by atoms with van der Waals surface area (Å²) < 4.78 is 1.86. The van der Waals surface area contributed by atoms with Crippen molar-refractivity contribution < 1.29 is 9.59 Å². The van der Waals surface area contributed by atoms with Gasteiger partial charge in [0.15, 0.2) is 0 Å². The minimum absolute atomic E-state index is 0.0582. The zero-order chi connectivity index (χ0) is 22.7. The number of benzene rings is 1. The molecule has 1 saturated heterocycles. The van der Waals surface area contributed by atoms with Crippen molar-refractivity contribution in [2.75, 3.05) is 13.1 Å². The van der Waals surface area contributed by atoms with Gasteiger partial charge in [-0.2, -0.15) is 5.10 Å². The Morgan fingerprint density at radius 1 is 1.12 bits per heavy atom. The van der Waals surface area contributed by atoms with Crippen LogP contribution in [0.15, 0.2) is 48.8 Å². The van der Waals surface area contributed by atoms with Gasteiger partial charge in [0.1, 0.15) is 0 Å². The molecule has 1 aliphatic rings. The van der Waals surface area contributed by atoms with Crippen LogP contribution in [-0.4, -0.2) is 50.6 Å². The number of piperidine rings is 1. The highest BCUT2D eigenvalue weighted by atomic mass is 35.5. The Morgan fingerprint density at radius 3 is 2.50 bits per heavy atom. The maximum absolute atomic E-state index is 13.0. The molecule has 3 heterocycles. The third-order valence-corrected chi connectivity index (χ3v) is 6.20. The fourth-order valence-electron chi connectivity index (χ4n) is 4.07. The van der Waals surface area contributed by atoms with Crippen molar-refractivity contribution in [2.45, 2.75) is 39.2 Å². The molecule has 32 heavy (non-hydrogen) atoms. The van der Waals surface area contributed by atoms with Gasteiger partial charge in [-0.05, 0) is 63.1 Å². The van der Waals surface area contributed by atoms with Gasteiger partial charge in [-0.1, -0.05) is 11.6 Å². The van der Waals surface area contributed by atoms with Crippen LogP contribution < -0.4 is 5.32 Å². The Kier molecular flexibility index (Phi) is 6.55. The maximum atomic E-state index is 13.0. The van der Waals surface area contributed by atoms with Gasteiger partial charge >= 0.3 is 0 Å². The molecule has 0 atom stereocenters. The van der Waals surface area contributed by atoms with E-state index in [1.165, 1.54) is 0 Å². The number of aromatic nitrogens is 3. The molecule has 1 N–H and O–H groups in total. The number of carbonyl (C=O) groups excluding carboxylic acids is 2. The molecule has 0 spiro atoms. The van der Waals surface area contributed by atoms with Crippen molar-refractivity contribution in [2.24, 2.45) is 0 Å². The van der Waals surface area contributed by atoms with E-state index in [2.05, 4.69) is 15.4 Å². The van der Waals surface area contributed by atoms with Crippen molar-refractivity contribution in [1.82, 2.24) is 25.0 Å². The molecular weight excluding hydrogens is 426 g/mol. The van der Waals surface area contributed by atoms with Crippen LogP contribution in [0.1, 0.15) is 40.2 Å². The van der Waals surface area contributed by atoms with Crippen molar-refractivity contribution in [1.29, 1.82) is 0 Å². The zero-order valence-electron chi connectivity index (χ0n) is 18.2. The minimum Gasteiger partial charge on any atom is -0.349 e. The number of nitrogens with zero attached hydrogens (tertiary/aromatic N) is 4. The van der Waals surface area contributed by atoms with E-state index in [9.17, 15) is 9.59 Å². The second-order valence-electron chi connectivity index (χ2n) is 8.08. The normalized spacial score (nSPS) is 14.4. The lowest BCUT2D eigenvalue weighted by Gasteiger charge is -2.32. The van der Waals surface area contributed by atoms with Crippen LogP contribution in [0.5, 0.6) is 0 Å². The predicted octanol–water partition coefficient (Wildman–Crippen LogP) is 3.50.